The number of hydrogen-bond acceptors (Lipinski definition) is 2. The van der Waals surface area contributed by atoms with Crippen LogP contribution in [-0.4, -0.2) is 0 Å². The molecule has 1 aromatic heterocycles. The average Bonchev–Trinajstić information content (AvgIpc) is 3.03. The quantitative estimate of drug-likeness (QED) is 0.379. The smallest absolute Gasteiger partial charge is 0.137 e. The van der Waals surface area contributed by atoms with E-state index in [0.717, 1.165) is 22.5 Å². The van der Waals surface area contributed by atoms with Gasteiger partial charge in [0.15, 0.2) is 0 Å². The van der Waals surface area contributed by atoms with Crippen LogP contribution in [0.1, 0.15) is 57.2 Å². The second-order valence-electron chi connectivity index (χ2n) is 9.91. The summed E-state index contributed by atoms with van der Waals surface area (Å²) in [7, 11) is 0. The summed E-state index contributed by atoms with van der Waals surface area (Å²) in [6, 6.07) is 19.5. The number of furan rings is 1. The summed E-state index contributed by atoms with van der Waals surface area (Å²) in [4.78, 5) is 0. The third kappa shape index (κ3) is 2.93. The SMILES string of the molecule is Cc1ccccc1Nc1ccc2c(c1)oc1cc3c(cc12)C(C)(C)CCC3(C)C. The Labute approximate surface area is 172 Å². The molecule has 0 bridgehead atoms. The van der Waals surface area contributed by atoms with Crippen LogP contribution in [0.4, 0.5) is 11.4 Å². The standard InChI is InChI=1S/C27H29NO/c1-17-8-6-7-9-23(17)28-18-10-11-19-20-15-21-22(16-25(20)29-24(19)14-18)27(4,5)13-12-26(21,2)3/h6-11,14-16,28H,12-13H2,1-5H3. The molecule has 0 amide bonds. The van der Waals surface area contributed by atoms with Crippen molar-refractivity contribution >= 4 is 33.3 Å². The van der Waals surface area contributed by atoms with Crippen molar-refractivity contribution in [3.63, 3.8) is 0 Å². The number of anilines is 2. The van der Waals surface area contributed by atoms with Crippen molar-refractivity contribution in [1.82, 2.24) is 0 Å². The van der Waals surface area contributed by atoms with Gasteiger partial charge in [-0.1, -0.05) is 45.9 Å². The largest absolute Gasteiger partial charge is 0.456 e. The van der Waals surface area contributed by atoms with E-state index in [0.29, 0.717) is 0 Å². The Morgan fingerprint density at radius 2 is 1.41 bits per heavy atom. The third-order valence-corrected chi connectivity index (χ3v) is 6.87. The number of fused-ring (bicyclic) bond motifs is 4. The van der Waals surface area contributed by atoms with Crippen molar-refractivity contribution in [1.29, 1.82) is 0 Å². The molecule has 2 nitrogen and oxygen atoms in total. The van der Waals surface area contributed by atoms with E-state index in [1.54, 1.807) is 0 Å². The fraction of sp³-hybridized carbons (Fsp3) is 0.333. The molecule has 0 unspecified atom stereocenters. The molecule has 0 radical (unpaired) electrons. The average molecular weight is 384 g/mol. The minimum absolute atomic E-state index is 0.190. The molecule has 3 aromatic carbocycles. The molecule has 2 heteroatoms. The van der Waals surface area contributed by atoms with Crippen molar-refractivity contribution in [3.05, 3.63) is 71.3 Å². The van der Waals surface area contributed by atoms with Crippen LogP contribution in [-0.2, 0) is 10.8 Å². The Morgan fingerprint density at radius 1 is 0.759 bits per heavy atom. The Morgan fingerprint density at radius 3 is 2.14 bits per heavy atom. The molecule has 0 fully saturated rings. The van der Waals surface area contributed by atoms with E-state index in [4.69, 9.17) is 4.42 Å². The van der Waals surface area contributed by atoms with Crippen LogP contribution in [0.5, 0.6) is 0 Å². The summed E-state index contributed by atoms with van der Waals surface area (Å²) < 4.78 is 6.35. The van der Waals surface area contributed by atoms with Gasteiger partial charge in [-0.05, 0) is 77.6 Å². The molecular formula is C27H29NO. The normalized spacial score (nSPS) is 17.4. The van der Waals surface area contributed by atoms with Crippen LogP contribution in [0, 0.1) is 6.92 Å². The van der Waals surface area contributed by atoms with Crippen LogP contribution in [0.2, 0.25) is 0 Å². The number of benzene rings is 3. The Balaban J connectivity index is 1.65. The Bertz CT molecular complexity index is 1240. The first kappa shape index (κ1) is 18.3. The van der Waals surface area contributed by atoms with E-state index in [2.05, 4.69) is 94.5 Å². The lowest BCUT2D eigenvalue weighted by Gasteiger charge is -2.41. The molecule has 4 aromatic rings. The molecule has 148 valence electrons. The van der Waals surface area contributed by atoms with Crippen LogP contribution < -0.4 is 5.32 Å². The van der Waals surface area contributed by atoms with Crippen molar-refractivity contribution in [2.24, 2.45) is 0 Å². The van der Waals surface area contributed by atoms with Gasteiger partial charge in [0.25, 0.3) is 0 Å². The van der Waals surface area contributed by atoms with Crippen LogP contribution in [0.25, 0.3) is 21.9 Å². The van der Waals surface area contributed by atoms with Gasteiger partial charge in [-0.2, -0.15) is 0 Å². The van der Waals surface area contributed by atoms with Gasteiger partial charge >= 0.3 is 0 Å². The summed E-state index contributed by atoms with van der Waals surface area (Å²) >= 11 is 0. The predicted molar refractivity (Wildman–Crippen MR) is 123 cm³/mol. The number of hydrogen-bond donors (Lipinski definition) is 1. The molecule has 0 saturated carbocycles. The van der Waals surface area contributed by atoms with Gasteiger partial charge in [0.2, 0.25) is 0 Å². The van der Waals surface area contributed by atoms with Gasteiger partial charge in [-0.25, -0.2) is 0 Å². The van der Waals surface area contributed by atoms with E-state index in [-0.39, 0.29) is 10.8 Å². The summed E-state index contributed by atoms with van der Waals surface area (Å²) in [5.41, 5.74) is 8.66. The van der Waals surface area contributed by atoms with Crippen LogP contribution >= 0.6 is 0 Å². The third-order valence-electron chi connectivity index (χ3n) is 6.87. The second kappa shape index (κ2) is 6.13. The lowest BCUT2D eigenvalue weighted by Crippen LogP contribution is -2.33. The number of rotatable bonds is 2. The predicted octanol–water partition coefficient (Wildman–Crippen LogP) is 7.99. The van der Waals surface area contributed by atoms with E-state index in [1.807, 2.05) is 0 Å². The maximum absolute atomic E-state index is 6.35. The zero-order valence-electron chi connectivity index (χ0n) is 18.0. The van der Waals surface area contributed by atoms with Gasteiger partial charge in [0.05, 0.1) is 0 Å². The highest BCUT2D eigenvalue weighted by Gasteiger charge is 2.37. The summed E-state index contributed by atoms with van der Waals surface area (Å²) in [6.45, 7) is 11.6. The molecule has 0 spiro atoms. The lowest BCUT2D eigenvalue weighted by molar-refractivity contribution is 0.332. The summed E-state index contributed by atoms with van der Waals surface area (Å²) in [6.07, 6.45) is 2.43. The van der Waals surface area contributed by atoms with Gasteiger partial charge in [-0.3, -0.25) is 0 Å². The highest BCUT2D eigenvalue weighted by molar-refractivity contribution is 6.06. The molecular weight excluding hydrogens is 354 g/mol. The first-order valence-electron chi connectivity index (χ1n) is 10.6. The second-order valence-corrected chi connectivity index (χ2v) is 9.91. The Kier molecular flexibility index (Phi) is 3.87. The molecule has 1 aliphatic carbocycles. The van der Waals surface area contributed by atoms with E-state index >= 15 is 0 Å². The monoisotopic (exact) mass is 383 g/mol. The number of para-hydroxylation sites is 1. The van der Waals surface area contributed by atoms with E-state index in [9.17, 15) is 0 Å². The fourth-order valence-electron chi connectivity index (χ4n) is 4.78. The van der Waals surface area contributed by atoms with Gasteiger partial charge < -0.3 is 9.73 Å². The van der Waals surface area contributed by atoms with Gasteiger partial charge in [0.1, 0.15) is 11.2 Å². The fourth-order valence-corrected chi connectivity index (χ4v) is 4.78. The molecule has 0 saturated heterocycles. The summed E-state index contributed by atoms with van der Waals surface area (Å²) in [5, 5.41) is 5.95. The molecule has 5 rings (SSSR count). The number of nitrogens with one attached hydrogen (secondary N) is 1. The van der Waals surface area contributed by atoms with Crippen molar-refractivity contribution in [3.8, 4) is 0 Å². The molecule has 29 heavy (non-hydrogen) atoms. The number of aryl methyl sites for hydroxylation is 1. The summed E-state index contributed by atoms with van der Waals surface area (Å²) in [5.74, 6) is 0. The first-order chi connectivity index (χ1) is 13.7. The van der Waals surface area contributed by atoms with Crippen molar-refractivity contribution in [2.45, 2.75) is 58.3 Å². The first-order valence-corrected chi connectivity index (χ1v) is 10.6. The van der Waals surface area contributed by atoms with Crippen molar-refractivity contribution in [2.75, 3.05) is 5.32 Å². The minimum Gasteiger partial charge on any atom is -0.456 e. The maximum Gasteiger partial charge on any atom is 0.137 e. The van der Waals surface area contributed by atoms with Gasteiger partial charge in [-0.15, -0.1) is 0 Å². The minimum atomic E-state index is 0.190. The zero-order chi connectivity index (χ0) is 20.4. The molecule has 0 atom stereocenters. The van der Waals surface area contributed by atoms with E-state index < -0.39 is 0 Å². The lowest BCUT2D eigenvalue weighted by atomic mass is 9.63. The molecule has 1 aliphatic rings. The topological polar surface area (TPSA) is 25.2 Å². The molecule has 1 N–H and O–H groups in total. The van der Waals surface area contributed by atoms with Crippen LogP contribution in [0.3, 0.4) is 0 Å². The van der Waals surface area contributed by atoms with Crippen LogP contribution in [0.15, 0.2) is 59.0 Å². The van der Waals surface area contributed by atoms with Crippen molar-refractivity contribution < 1.29 is 4.42 Å². The highest BCUT2D eigenvalue weighted by Crippen LogP contribution is 2.48. The maximum atomic E-state index is 6.35. The zero-order valence-corrected chi connectivity index (χ0v) is 18.0. The van der Waals surface area contributed by atoms with Gasteiger partial charge in [0, 0.05) is 28.2 Å². The molecule has 1 heterocycles. The Hall–Kier alpha value is -2.74. The molecule has 0 aliphatic heterocycles. The van der Waals surface area contributed by atoms with E-state index in [1.165, 1.54) is 40.3 Å². The highest BCUT2D eigenvalue weighted by atomic mass is 16.3.